The molecule has 6 heteroatoms. The highest BCUT2D eigenvalue weighted by Gasteiger charge is 2.14. The summed E-state index contributed by atoms with van der Waals surface area (Å²) in [7, 11) is 0. The van der Waals surface area contributed by atoms with Crippen LogP contribution in [0, 0.1) is 0 Å². The van der Waals surface area contributed by atoms with Crippen LogP contribution in [0.5, 0.6) is 0 Å². The minimum Gasteiger partial charge on any atom is -0.349 e. The average molecular weight is 388 g/mol. The van der Waals surface area contributed by atoms with Gasteiger partial charge in [0.15, 0.2) is 0 Å². The Bertz CT molecular complexity index is 647. The van der Waals surface area contributed by atoms with E-state index in [9.17, 15) is 4.79 Å². The number of halogens is 3. The summed E-state index contributed by atoms with van der Waals surface area (Å²) in [4.78, 5) is 16.0. The summed E-state index contributed by atoms with van der Waals surface area (Å²) in [6.07, 6.45) is 2.10. The van der Waals surface area contributed by atoms with Crippen molar-refractivity contribution < 1.29 is 4.79 Å². The molecule has 21 heavy (non-hydrogen) atoms. The minimum absolute atomic E-state index is 0.0262. The Balaban J connectivity index is 2.01. The van der Waals surface area contributed by atoms with Gasteiger partial charge in [-0.05, 0) is 37.1 Å². The van der Waals surface area contributed by atoms with Crippen LogP contribution in [0.4, 0.5) is 0 Å². The Labute approximate surface area is 141 Å². The van der Waals surface area contributed by atoms with Gasteiger partial charge in [-0.25, -0.2) is 4.98 Å². The SMILES string of the molecule is CC(Cc1ccc(Br)cc1)NC(=O)c1cc(Cl)ncc1Cl. The first kappa shape index (κ1) is 16.3. The highest BCUT2D eigenvalue weighted by molar-refractivity contribution is 9.10. The largest absolute Gasteiger partial charge is 0.349 e. The monoisotopic (exact) mass is 386 g/mol. The number of hydrogen-bond acceptors (Lipinski definition) is 2. The number of nitrogens with one attached hydrogen (secondary N) is 1. The molecule has 2 rings (SSSR count). The molecule has 110 valence electrons. The number of benzene rings is 1. The molecule has 0 spiro atoms. The van der Waals surface area contributed by atoms with Crippen LogP contribution in [-0.4, -0.2) is 16.9 Å². The zero-order valence-electron chi connectivity index (χ0n) is 11.2. The molecule has 2 aromatic rings. The molecule has 0 fully saturated rings. The molecule has 1 atom stereocenters. The summed E-state index contributed by atoms with van der Waals surface area (Å²) in [5.74, 6) is -0.256. The van der Waals surface area contributed by atoms with E-state index < -0.39 is 0 Å². The number of pyridine rings is 1. The normalized spacial score (nSPS) is 12.0. The maximum atomic E-state index is 12.2. The van der Waals surface area contributed by atoms with E-state index in [0.29, 0.717) is 5.56 Å². The highest BCUT2D eigenvalue weighted by Crippen LogP contribution is 2.18. The Morgan fingerprint density at radius 3 is 2.67 bits per heavy atom. The zero-order chi connectivity index (χ0) is 15.4. The third kappa shape index (κ3) is 4.70. The Kier molecular flexibility index (Phi) is 5.62. The van der Waals surface area contributed by atoms with Crippen LogP contribution >= 0.6 is 39.1 Å². The maximum Gasteiger partial charge on any atom is 0.253 e. The summed E-state index contributed by atoms with van der Waals surface area (Å²) in [5.41, 5.74) is 1.48. The minimum atomic E-state index is -0.256. The van der Waals surface area contributed by atoms with Crippen molar-refractivity contribution in [2.45, 2.75) is 19.4 Å². The maximum absolute atomic E-state index is 12.2. The second-order valence-electron chi connectivity index (χ2n) is 4.69. The van der Waals surface area contributed by atoms with Gasteiger partial charge in [0.05, 0.1) is 10.6 Å². The van der Waals surface area contributed by atoms with Crippen molar-refractivity contribution in [2.24, 2.45) is 0 Å². The van der Waals surface area contributed by atoms with Crippen molar-refractivity contribution in [3.63, 3.8) is 0 Å². The Hall–Kier alpha value is -1.10. The number of nitrogens with zero attached hydrogens (tertiary/aromatic N) is 1. The first-order valence-electron chi connectivity index (χ1n) is 6.32. The van der Waals surface area contributed by atoms with Crippen molar-refractivity contribution in [3.8, 4) is 0 Å². The van der Waals surface area contributed by atoms with Crippen LogP contribution in [0.15, 0.2) is 41.0 Å². The molecule has 0 bridgehead atoms. The van der Waals surface area contributed by atoms with Gasteiger partial charge in [-0.1, -0.05) is 51.3 Å². The third-order valence-corrected chi connectivity index (χ3v) is 3.94. The average Bonchev–Trinajstić information content (AvgIpc) is 2.44. The lowest BCUT2D eigenvalue weighted by atomic mass is 10.1. The van der Waals surface area contributed by atoms with E-state index in [0.717, 1.165) is 16.5 Å². The number of aromatic nitrogens is 1. The molecule has 1 N–H and O–H groups in total. The quantitative estimate of drug-likeness (QED) is 0.784. The molecule has 1 aromatic carbocycles. The van der Waals surface area contributed by atoms with Gasteiger partial charge in [0, 0.05) is 16.7 Å². The topological polar surface area (TPSA) is 42.0 Å². The lowest BCUT2D eigenvalue weighted by molar-refractivity contribution is 0.0940. The lowest BCUT2D eigenvalue weighted by Gasteiger charge is -2.14. The fourth-order valence-corrected chi connectivity index (χ4v) is 2.53. The van der Waals surface area contributed by atoms with Gasteiger partial charge in [0.2, 0.25) is 0 Å². The third-order valence-electron chi connectivity index (χ3n) is 2.90. The molecule has 0 aliphatic rings. The molecular weight excluding hydrogens is 375 g/mol. The lowest BCUT2D eigenvalue weighted by Crippen LogP contribution is -2.34. The van der Waals surface area contributed by atoms with Gasteiger partial charge in [-0.15, -0.1) is 0 Å². The van der Waals surface area contributed by atoms with Gasteiger partial charge < -0.3 is 5.32 Å². The van der Waals surface area contributed by atoms with Crippen LogP contribution in [-0.2, 0) is 6.42 Å². The second-order valence-corrected chi connectivity index (χ2v) is 6.40. The van der Waals surface area contributed by atoms with Crippen molar-refractivity contribution in [3.05, 3.63) is 62.3 Å². The number of hydrogen-bond donors (Lipinski definition) is 1. The number of carbonyl (C=O) groups excluding carboxylic acids is 1. The molecular formula is C15H13BrCl2N2O. The predicted molar refractivity (Wildman–Crippen MR) is 89.0 cm³/mol. The zero-order valence-corrected chi connectivity index (χ0v) is 14.3. The van der Waals surface area contributed by atoms with Gasteiger partial charge >= 0.3 is 0 Å². The summed E-state index contributed by atoms with van der Waals surface area (Å²) < 4.78 is 1.03. The van der Waals surface area contributed by atoms with Crippen molar-refractivity contribution in [2.75, 3.05) is 0 Å². The molecule has 0 saturated heterocycles. The molecule has 3 nitrogen and oxygen atoms in total. The molecule has 0 radical (unpaired) electrons. The van der Waals surface area contributed by atoms with E-state index in [1.165, 1.54) is 12.3 Å². The molecule has 0 aliphatic carbocycles. The van der Waals surface area contributed by atoms with Crippen LogP contribution in [0.2, 0.25) is 10.2 Å². The smallest absolute Gasteiger partial charge is 0.253 e. The van der Waals surface area contributed by atoms with Crippen LogP contribution in [0.25, 0.3) is 0 Å². The first-order valence-corrected chi connectivity index (χ1v) is 7.87. The molecule has 1 aromatic heterocycles. The van der Waals surface area contributed by atoms with Crippen LogP contribution in [0.3, 0.4) is 0 Å². The molecule has 0 aliphatic heterocycles. The van der Waals surface area contributed by atoms with Gasteiger partial charge in [0.25, 0.3) is 5.91 Å². The number of amides is 1. The molecule has 1 heterocycles. The Morgan fingerprint density at radius 2 is 2.00 bits per heavy atom. The standard InChI is InChI=1S/C15H13BrCl2N2O/c1-9(6-10-2-4-11(16)5-3-10)20-15(21)12-7-14(18)19-8-13(12)17/h2-5,7-9H,6H2,1H3,(H,20,21). The van der Waals surface area contributed by atoms with Crippen LogP contribution < -0.4 is 5.32 Å². The number of carbonyl (C=O) groups is 1. The van der Waals surface area contributed by atoms with E-state index in [2.05, 4.69) is 26.2 Å². The van der Waals surface area contributed by atoms with Crippen molar-refractivity contribution >= 4 is 45.0 Å². The summed E-state index contributed by atoms with van der Waals surface area (Å²) >= 11 is 15.1. The highest BCUT2D eigenvalue weighted by atomic mass is 79.9. The van der Waals surface area contributed by atoms with Crippen molar-refractivity contribution in [1.82, 2.24) is 10.3 Å². The fraction of sp³-hybridized carbons (Fsp3) is 0.200. The van der Waals surface area contributed by atoms with Gasteiger partial charge in [-0.3, -0.25) is 4.79 Å². The van der Waals surface area contributed by atoms with E-state index >= 15 is 0 Å². The Morgan fingerprint density at radius 1 is 1.33 bits per heavy atom. The molecule has 1 unspecified atom stereocenters. The fourth-order valence-electron chi connectivity index (χ4n) is 1.91. The summed E-state index contributed by atoms with van der Waals surface area (Å²) in [6, 6.07) is 9.42. The predicted octanol–water partition coefficient (Wildman–Crippen LogP) is 4.51. The van der Waals surface area contributed by atoms with E-state index in [-0.39, 0.29) is 22.1 Å². The number of rotatable bonds is 4. The van der Waals surface area contributed by atoms with Gasteiger partial charge in [-0.2, -0.15) is 0 Å². The van der Waals surface area contributed by atoms with E-state index in [1.807, 2.05) is 31.2 Å². The van der Waals surface area contributed by atoms with E-state index in [4.69, 9.17) is 23.2 Å². The molecule has 1 amide bonds. The summed E-state index contributed by atoms with van der Waals surface area (Å²) in [6.45, 7) is 1.94. The van der Waals surface area contributed by atoms with Crippen molar-refractivity contribution in [1.29, 1.82) is 0 Å². The summed E-state index contributed by atoms with van der Waals surface area (Å²) in [5, 5.41) is 3.43. The van der Waals surface area contributed by atoms with Crippen LogP contribution in [0.1, 0.15) is 22.8 Å². The molecule has 0 saturated carbocycles. The van der Waals surface area contributed by atoms with Gasteiger partial charge in [0.1, 0.15) is 5.15 Å². The van der Waals surface area contributed by atoms with E-state index in [1.54, 1.807) is 0 Å². The first-order chi connectivity index (χ1) is 9.95. The second kappa shape index (κ2) is 7.25.